The summed E-state index contributed by atoms with van der Waals surface area (Å²) in [4.78, 5) is 27.7. The summed E-state index contributed by atoms with van der Waals surface area (Å²) in [6.07, 6.45) is -0.492. The van der Waals surface area contributed by atoms with Gasteiger partial charge in [0.1, 0.15) is 23.0 Å². The van der Waals surface area contributed by atoms with Crippen LogP contribution in [0.15, 0.2) is 59.6 Å². The van der Waals surface area contributed by atoms with E-state index < -0.39 is 56.4 Å². The molecule has 3 atom stereocenters. The van der Waals surface area contributed by atoms with Crippen molar-refractivity contribution in [2.75, 3.05) is 31.7 Å². The standard InChI is InChI=1S/C29H26F3N5O5S/c1-41-24-15-37(14-20(24)31)27-4-2-3-21(36-27)22-6-5-16-12-33-18(11-23(16)35-22)13-34-29(38)17-9-19(30)28-25(10-17)43(39,40)26(32)7-8-42-28/h2-6,9-12,20,24,26H,7-8,13-15H2,1H3,(H,34,38)/t20-,24-,26+/m0/s1. The van der Waals surface area contributed by atoms with Gasteiger partial charge in [-0.25, -0.2) is 31.6 Å². The number of nitrogens with one attached hydrogen (secondary N) is 1. The van der Waals surface area contributed by atoms with Crippen LogP contribution in [0.2, 0.25) is 0 Å². The molecule has 1 N–H and O–H groups in total. The predicted molar refractivity (Wildman–Crippen MR) is 150 cm³/mol. The van der Waals surface area contributed by atoms with Crippen molar-refractivity contribution in [3.63, 3.8) is 0 Å². The number of rotatable bonds is 6. The molecule has 0 saturated carbocycles. The van der Waals surface area contributed by atoms with Gasteiger partial charge in [0.15, 0.2) is 11.6 Å². The van der Waals surface area contributed by atoms with Crippen LogP contribution in [-0.4, -0.2) is 73.9 Å². The molecule has 6 rings (SSSR count). The van der Waals surface area contributed by atoms with E-state index in [-0.39, 0.29) is 25.3 Å². The molecule has 2 aliphatic heterocycles. The van der Waals surface area contributed by atoms with E-state index >= 15 is 0 Å². The van der Waals surface area contributed by atoms with E-state index in [1.54, 1.807) is 30.5 Å². The lowest BCUT2D eigenvalue weighted by molar-refractivity contribution is 0.0650. The van der Waals surface area contributed by atoms with Crippen molar-refractivity contribution in [2.24, 2.45) is 0 Å². The topological polar surface area (TPSA) is 124 Å². The zero-order valence-corrected chi connectivity index (χ0v) is 23.7. The molecule has 10 nitrogen and oxygen atoms in total. The van der Waals surface area contributed by atoms with E-state index in [9.17, 15) is 26.4 Å². The molecule has 1 saturated heterocycles. The van der Waals surface area contributed by atoms with Crippen molar-refractivity contribution in [3.8, 4) is 17.1 Å². The molecule has 1 aromatic carbocycles. The Hall–Kier alpha value is -4.30. The molecule has 3 aromatic heterocycles. The first-order valence-corrected chi connectivity index (χ1v) is 15.0. The third-order valence-electron chi connectivity index (χ3n) is 7.39. The van der Waals surface area contributed by atoms with Crippen molar-refractivity contribution >= 4 is 32.5 Å². The van der Waals surface area contributed by atoms with Crippen LogP contribution in [0.25, 0.3) is 22.3 Å². The minimum atomic E-state index is -4.53. The Morgan fingerprint density at radius 3 is 2.72 bits per heavy atom. The third kappa shape index (κ3) is 5.59. The largest absolute Gasteiger partial charge is 0.489 e. The highest BCUT2D eigenvalue weighted by atomic mass is 32.2. The lowest BCUT2D eigenvalue weighted by atomic mass is 10.1. The fourth-order valence-corrected chi connectivity index (χ4v) is 6.44. The van der Waals surface area contributed by atoms with E-state index in [2.05, 4.69) is 15.3 Å². The number of nitrogens with zero attached hydrogens (tertiary/aromatic N) is 4. The van der Waals surface area contributed by atoms with Crippen LogP contribution in [0.5, 0.6) is 5.75 Å². The molecule has 0 bridgehead atoms. The number of amides is 1. The fourth-order valence-electron chi connectivity index (χ4n) is 5.05. The molecule has 0 unspecified atom stereocenters. The van der Waals surface area contributed by atoms with Crippen LogP contribution in [0.1, 0.15) is 22.5 Å². The van der Waals surface area contributed by atoms with Gasteiger partial charge in [-0.05, 0) is 42.5 Å². The third-order valence-corrected chi connectivity index (χ3v) is 9.21. The first-order chi connectivity index (χ1) is 20.6. The van der Waals surface area contributed by atoms with Gasteiger partial charge in [-0.3, -0.25) is 9.78 Å². The number of anilines is 1. The summed E-state index contributed by atoms with van der Waals surface area (Å²) in [5.74, 6) is -1.85. The molecular formula is C29H26F3N5O5S. The monoisotopic (exact) mass is 613 g/mol. The second-order valence-corrected chi connectivity index (χ2v) is 12.2. The van der Waals surface area contributed by atoms with E-state index in [0.29, 0.717) is 35.0 Å². The minimum absolute atomic E-state index is 0.0812. The molecule has 1 fully saturated rings. The summed E-state index contributed by atoms with van der Waals surface area (Å²) in [6, 6.07) is 12.5. The van der Waals surface area contributed by atoms with Crippen molar-refractivity contribution in [2.45, 2.75) is 35.6 Å². The summed E-state index contributed by atoms with van der Waals surface area (Å²) in [5, 5.41) is 3.31. The van der Waals surface area contributed by atoms with Crippen LogP contribution in [0.4, 0.5) is 19.0 Å². The zero-order chi connectivity index (χ0) is 30.3. The molecule has 1 amide bonds. The predicted octanol–water partition coefficient (Wildman–Crippen LogP) is 3.79. The molecule has 14 heteroatoms. The van der Waals surface area contributed by atoms with E-state index in [4.69, 9.17) is 14.5 Å². The summed E-state index contributed by atoms with van der Waals surface area (Å²) < 4.78 is 78.4. The molecule has 2 aliphatic rings. The first-order valence-electron chi connectivity index (χ1n) is 13.4. The zero-order valence-electron chi connectivity index (χ0n) is 22.8. The van der Waals surface area contributed by atoms with Gasteiger partial charge in [0.2, 0.25) is 15.3 Å². The van der Waals surface area contributed by atoms with Gasteiger partial charge in [-0.1, -0.05) is 6.07 Å². The lowest BCUT2D eigenvalue weighted by Crippen LogP contribution is -2.24. The Bertz CT molecular complexity index is 1830. The number of aromatic nitrogens is 3. The molecular weight excluding hydrogens is 587 g/mol. The number of alkyl halides is 2. The maximum Gasteiger partial charge on any atom is 0.251 e. The highest BCUT2D eigenvalue weighted by Crippen LogP contribution is 2.35. The smallest absolute Gasteiger partial charge is 0.251 e. The van der Waals surface area contributed by atoms with Crippen molar-refractivity contribution in [1.29, 1.82) is 0 Å². The van der Waals surface area contributed by atoms with Gasteiger partial charge in [0.25, 0.3) is 5.91 Å². The second kappa shape index (κ2) is 11.4. The molecule has 0 spiro atoms. The van der Waals surface area contributed by atoms with Crippen LogP contribution in [0, 0.1) is 5.82 Å². The SMILES string of the molecule is CO[C@H]1CN(c2cccc(-c3ccc4cnc(CNC(=O)c5cc(F)c6c(c5)S(=O)(=O)[C@@H](F)CCO6)cc4n3)n2)C[C@@H]1F. The van der Waals surface area contributed by atoms with Gasteiger partial charge >= 0.3 is 0 Å². The number of carbonyl (C=O) groups excluding carboxylic acids is 1. The summed E-state index contributed by atoms with van der Waals surface area (Å²) in [7, 11) is -3.05. The maximum absolute atomic E-state index is 14.7. The van der Waals surface area contributed by atoms with Crippen molar-refractivity contribution in [3.05, 3.63) is 71.8 Å². The van der Waals surface area contributed by atoms with Gasteiger partial charge in [-0.15, -0.1) is 0 Å². The molecule has 43 heavy (non-hydrogen) atoms. The molecule has 224 valence electrons. The number of halogens is 3. The number of pyridine rings is 3. The maximum atomic E-state index is 14.7. The Kier molecular flexibility index (Phi) is 7.65. The number of ether oxygens (including phenoxy) is 2. The average molecular weight is 614 g/mol. The molecule has 0 radical (unpaired) electrons. The Morgan fingerprint density at radius 1 is 1.12 bits per heavy atom. The minimum Gasteiger partial charge on any atom is -0.489 e. The lowest BCUT2D eigenvalue weighted by Gasteiger charge is -2.17. The Morgan fingerprint density at radius 2 is 1.93 bits per heavy atom. The number of fused-ring (bicyclic) bond motifs is 2. The average Bonchev–Trinajstić information content (AvgIpc) is 3.35. The number of hydrogen-bond acceptors (Lipinski definition) is 9. The quantitative estimate of drug-likeness (QED) is 0.346. The van der Waals surface area contributed by atoms with Gasteiger partial charge in [0.05, 0.1) is 42.3 Å². The number of methoxy groups -OCH3 is 1. The molecule has 0 aliphatic carbocycles. The number of hydrogen-bond donors (Lipinski definition) is 1. The number of carbonyl (C=O) groups is 1. The first kappa shape index (κ1) is 28.8. The van der Waals surface area contributed by atoms with Gasteiger partial charge in [-0.2, -0.15) is 0 Å². The second-order valence-electron chi connectivity index (χ2n) is 10.2. The van der Waals surface area contributed by atoms with Crippen LogP contribution in [-0.2, 0) is 21.1 Å². The number of sulfone groups is 1. The van der Waals surface area contributed by atoms with Gasteiger partial charge in [0, 0.05) is 37.2 Å². The summed E-state index contributed by atoms with van der Waals surface area (Å²) in [6.45, 7) is 0.173. The normalized spacial score (nSPS) is 21.2. The van der Waals surface area contributed by atoms with E-state index in [1.807, 2.05) is 17.0 Å². The Labute approximate surface area is 244 Å². The van der Waals surface area contributed by atoms with Crippen LogP contribution >= 0.6 is 0 Å². The highest BCUT2D eigenvalue weighted by molar-refractivity contribution is 7.92. The Balaban J connectivity index is 1.20. The van der Waals surface area contributed by atoms with E-state index in [0.717, 1.165) is 17.5 Å². The fraction of sp³-hybridized carbons (Fsp3) is 0.310. The molecule has 5 heterocycles. The van der Waals surface area contributed by atoms with Crippen molar-refractivity contribution < 1.29 is 35.9 Å². The molecule has 4 aromatic rings. The van der Waals surface area contributed by atoms with Crippen LogP contribution < -0.4 is 15.0 Å². The van der Waals surface area contributed by atoms with Crippen molar-refractivity contribution in [1.82, 2.24) is 20.3 Å². The van der Waals surface area contributed by atoms with Gasteiger partial charge < -0.3 is 19.7 Å². The number of benzene rings is 1. The van der Waals surface area contributed by atoms with Crippen LogP contribution in [0.3, 0.4) is 0 Å². The van der Waals surface area contributed by atoms with E-state index in [1.165, 1.54) is 7.11 Å². The highest BCUT2D eigenvalue weighted by Gasteiger charge is 2.36. The summed E-state index contributed by atoms with van der Waals surface area (Å²) >= 11 is 0. The summed E-state index contributed by atoms with van der Waals surface area (Å²) in [5.41, 5.74) is -0.417.